The summed E-state index contributed by atoms with van der Waals surface area (Å²) in [5.74, 6) is -2.22. The number of hydrogen-bond donors (Lipinski definition) is 2. The molecule has 1 heterocycles. The van der Waals surface area contributed by atoms with Crippen molar-refractivity contribution < 1.29 is 18.4 Å². The van der Waals surface area contributed by atoms with Crippen molar-refractivity contribution in [2.24, 2.45) is 5.41 Å². The van der Waals surface area contributed by atoms with E-state index in [1.807, 2.05) is 13.8 Å². The van der Waals surface area contributed by atoms with E-state index in [-0.39, 0.29) is 17.1 Å². The maximum atomic E-state index is 13.4. The van der Waals surface area contributed by atoms with Crippen LogP contribution in [0.5, 0.6) is 0 Å². The predicted molar refractivity (Wildman–Crippen MR) is 94.2 cm³/mol. The minimum absolute atomic E-state index is 0.0395. The summed E-state index contributed by atoms with van der Waals surface area (Å²) >= 11 is 0. The van der Waals surface area contributed by atoms with Crippen molar-refractivity contribution in [1.82, 2.24) is 10.3 Å². The van der Waals surface area contributed by atoms with Gasteiger partial charge in [-0.15, -0.1) is 0 Å². The SMILES string of the molecule is Cc1c(C(=O)N[C@H](C)c2ccc(F)c(F)c2)[nH]c2c1C(=O)CC(C)(C)C2. The topological polar surface area (TPSA) is 62.0 Å². The van der Waals surface area contributed by atoms with E-state index >= 15 is 0 Å². The van der Waals surface area contributed by atoms with Crippen molar-refractivity contribution in [3.05, 3.63) is 57.9 Å². The van der Waals surface area contributed by atoms with Crippen LogP contribution in [0.4, 0.5) is 8.78 Å². The van der Waals surface area contributed by atoms with Crippen molar-refractivity contribution in [1.29, 1.82) is 0 Å². The van der Waals surface area contributed by atoms with E-state index in [0.29, 0.717) is 35.2 Å². The fourth-order valence-corrected chi connectivity index (χ4v) is 3.59. The second-order valence-electron chi connectivity index (χ2n) is 7.79. The molecule has 1 aromatic carbocycles. The van der Waals surface area contributed by atoms with E-state index in [1.54, 1.807) is 13.8 Å². The Morgan fingerprint density at radius 3 is 2.58 bits per heavy atom. The molecule has 138 valence electrons. The smallest absolute Gasteiger partial charge is 0.268 e. The molecule has 26 heavy (non-hydrogen) atoms. The zero-order chi connectivity index (χ0) is 19.2. The van der Waals surface area contributed by atoms with Gasteiger partial charge in [-0.05, 0) is 48.9 Å². The molecule has 4 nitrogen and oxygen atoms in total. The average molecular weight is 360 g/mol. The normalized spacial score (nSPS) is 16.9. The summed E-state index contributed by atoms with van der Waals surface area (Å²) < 4.78 is 26.5. The average Bonchev–Trinajstić information content (AvgIpc) is 2.85. The Bertz CT molecular complexity index is 899. The van der Waals surface area contributed by atoms with Crippen molar-refractivity contribution >= 4 is 11.7 Å². The van der Waals surface area contributed by atoms with Crippen LogP contribution in [0.25, 0.3) is 0 Å². The highest BCUT2D eigenvalue weighted by atomic mass is 19.2. The molecule has 0 aliphatic heterocycles. The molecule has 2 aromatic rings. The van der Waals surface area contributed by atoms with Gasteiger partial charge in [0.25, 0.3) is 5.91 Å². The summed E-state index contributed by atoms with van der Waals surface area (Å²) in [6, 6.07) is 3.03. The third-order valence-corrected chi connectivity index (χ3v) is 4.92. The van der Waals surface area contributed by atoms with E-state index in [4.69, 9.17) is 0 Å². The number of aromatic nitrogens is 1. The number of halogens is 2. The van der Waals surface area contributed by atoms with Crippen LogP contribution < -0.4 is 5.32 Å². The van der Waals surface area contributed by atoms with E-state index < -0.39 is 17.7 Å². The zero-order valence-corrected chi connectivity index (χ0v) is 15.3. The van der Waals surface area contributed by atoms with Crippen LogP contribution >= 0.6 is 0 Å². The molecule has 1 amide bonds. The largest absolute Gasteiger partial charge is 0.354 e. The number of benzene rings is 1. The molecule has 2 N–H and O–H groups in total. The van der Waals surface area contributed by atoms with Crippen LogP contribution in [0.2, 0.25) is 0 Å². The lowest BCUT2D eigenvalue weighted by Crippen LogP contribution is -2.27. The van der Waals surface area contributed by atoms with Crippen LogP contribution in [0.15, 0.2) is 18.2 Å². The van der Waals surface area contributed by atoms with Crippen LogP contribution in [0.3, 0.4) is 0 Å². The van der Waals surface area contributed by atoms with E-state index in [1.165, 1.54) is 6.07 Å². The van der Waals surface area contributed by atoms with Gasteiger partial charge in [-0.25, -0.2) is 8.78 Å². The number of amides is 1. The second-order valence-corrected chi connectivity index (χ2v) is 7.79. The van der Waals surface area contributed by atoms with Crippen LogP contribution in [0.1, 0.15) is 70.9 Å². The molecule has 1 aliphatic rings. The van der Waals surface area contributed by atoms with Gasteiger partial charge in [0.1, 0.15) is 5.69 Å². The Kier molecular flexibility index (Phi) is 4.46. The molecule has 0 unspecified atom stereocenters. The van der Waals surface area contributed by atoms with E-state index in [2.05, 4.69) is 10.3 Å². The molecular formula is C20H22F2N2O2. The highest BCUT2D eigenvalue weighted by Crippen LogP contribution is 2.36. The number of ketones is 1. The zero-order valence-electron chi connectivity index (χ0n) is 15.3. The Hall–Kier alpha value is -2.50. The Balaban J connectivity index is 1.85. The first kappa shape index (κ1) is 18.3. The summed E-state index contributed by atoms with van der Waals surface area (Å²) in [4.78, 5) is 28.2. The van der Waals surface area contributed by atoms with E-state index in [9.17, 15) is 18.4 Å². The number of hydrogen-bond acceptors (Lipinski definition) is 2. The standard InChI is InChI=1S/C20H22F2N2O2/c1-10-17-15(8-20(3,4)9-16(17)25)24-18(10)19(26)23-11(2)12-5-6-13(21)14(22)7-12/h5-7,11,24H,8-9H2,1-4H3,(H,23,26)/t11-/m1/s1. The van der Waals surface area contributed by atoms with E-state index in [0.717, 1.165) is 17.8 Å². The van der Waals surface area contributed by atoms with Gasteiger partial charge in [0, 0.05) is 17.7 Å². The van der Waals surface area contributed by atoms with Gasteiger partial charge in [-0.2, -0.15) is 0 Å². The highest BCUT2D eigenvalue weighted by Gasteiger charge is 2.35. The number of H-pyrrole nitrogens is 1. The summed E-state index contributed by atoms with van der Waals surface area (Å²) in [6.45, 7) is 7.49. The van der Waals surface area contributed by atoms with Gasteiger partial charge < -0.3 is 10.3 Å². The van der Waals surface area contributed by atoms with Crippen molar-refractivity contribution in [2.75, 3.05) is 0 Å². The number of nitrogens with one attached hydrogen (secondary N) is 2. The first-order valence-corrected chi connectivity index (χ1v) is 8.59. The van der Waals surface area contributed by atoms with Crippen LogP contribution in [-0.2, 0) is 6.42 Å². The number of carbonyl (C=O) groups excluding carboxylic acids is 2. The van der Waals surface area contributed by atoms with Gasteiger partial charge >= 0.3 is 0 Å². The van der Waals surface area contributed by atoms with Gasteiger partial charge in [0.15, 0.2) is 17.4 Å². The maximum Gasteiger partial charge on any atom is 0.268 e. The van der Waals surface area contributed by atoms with Crippen molar-refractivity contribution in [2.45, 2.75) is 46.6 Å². The molecular weight excluding hydrogens is 338 g/mol. The summed E-state index contributed by atoms with van der Waals surface area (Å²) in [5.41, 5.74) is 2.69. The lowest BCUT2D eigenvalue weighted by molar-refractivity contribution is 0.0909. The second kappa shape index (κ2) is 6.34. The van der Waals surface area contributed by atoms with Crippen molar-refractivity contribution in [3.63, 3.8) is 0 Å². The third-order valence-electron chi connectivity index (χ3n) is 4.92. The third kappa shape index (κ3) is 3.28. The molecule has 1 atom stereocenters. The minimum atomic E-state index is -0.956. The van der Waals surface area contributed by atoms with Crippen LogP contribution in [-0.4, -0.2) is 16.7 Å². The maximum absolute atomic E-state index is 13.4. The molecule has 0 radical (unpaired) electrons. The number of carbonyl (C=O) groups is 2. The molecule has 3 rings (SSSR count). The Labute approximate surface area is 151 Å². The Morgan fingerprint density at radius 1 is 1.23 bits per heavy atom. The number of Topliss-reactive ketones (excluding diaryl/α,β-unsaturated/α-hetero) is 1. The predicted octanol–water partition coefficient (Wildman–Crippen LogP) is 4.25. The highest BCUT2D eigenvalue weighted by molar-refractivity contribution is 6.04. The molecule has 1 aliphatic carbocycles. The molecule has 0 saturated heterocycles. The fourth-order valence-electron chi connectivity index (χ4n) is 3.59. The number of fused-ring (bicyclic) bond motifs is 1. The Morgan fingerprint density at radius 2 is 1.92 bits per heavy atom. The van der Waals surface area contributed by atoms with Gasteiger partial charge in [0.2, 0.25) is 0 Å². The first-order chi connectivity index (χ1) is 12.1. The number of rotatable bonds is 3. The molecule has 6 heteroatoms. The fraction of sp³-hybridized carbons (Fsp3) is 0.400. The molecule has 0 spiro atoms. The molecule has 1 aromatic heterocycles. The van der Waals surface area contributed by atoms with Gasteiger partial charge in [0.05, 0.1) is 6.04 Å². The van der Waals surface area contributed by atoms with Crippen molar-refractivity contribution in [3.8, 4) is 0 Å². The lowest BCUT2D eigenvalue weighted by Gasteiger charge is -2.28. The number of aromatic amines is 1. The molecule has 0 saturated carbocycles. The minimum Gasteiger partial charge on any atom is -0.354 e. The lowest BCUT2D eigenvalue weighted by atomic mass is 9.75. The summed E-state index contributed by atoms with van der Waals surface area (Å²) in [5, 5.41) is 2.77. The monoisotopic (exact) mass is 360 g/mol. The summed E-state index contributed by atoms with van der Waals surface area (Å²) in [6.07, 6.45) is 1.14. The molecule has 0 fully saturated rings. The molecule has 0 bridgehead atoms. The quantitative estimate of drug-likeness (QED) is 0.860. The van der Waals surface area contributed by atoms with Gasteiger partial charge in [-0.3, -0.25) is 9.59 Å². The first-order valence-electron chi connectivity index (χ1n) is 8.59. The van der Waals surface area contributed by atoms with Crippen LogP contribution in [0, 0.1) is 24.0 Å². The van der Waals surface area contributed by atoms with Gasteiger partial charge in [-0.1, -0.05) is 19.9 Å². The summed E-state index contributed by atoms with van der Waals surface area (Å²) in [7, 11) is 0.